The number of benzene rings is 2. The smallest absolute Gasteiger partial charge is 0.255 e. The second-order valence-electron chi connectivity index (χ2n) is 7.96. The lowest BCUT2D eigenvalue weighted by molar-refractivity contribution is -0.124. The predicted octanol–water partition coefficient (Wildman–Crippen LogP) is 3.55. The Bertz CT molecular complexity index is 1150. The molecule has 1 unspecified atom stereocenters. The highest BCUT2D eigenvalue weighted by molar-refractivity contribution is 6.32. The number of hydrogen-bond acceptors (Lipinski definition) is 6. The minimum atomic E-state index is -0.884. The average molecular weight is 467 g/mol. The van der Waals surface area contributed by atoms with Gasteiger partial charge in [-0.2, -0.15) is 0 Å². The zero-order valence-corrected chi connectivity index (χ0v) is 18.7. The van der Waals surface area contributed by atoms with Gasteiger partial charge in [0, 0.05) is 18.9 Å². The van der Waals surface area contributed by atoms with Crippen molar-refractivity contribution in [3.05, 3.63) is 82.9 Å². The summed E-state index contributed by atoms with van der Waals surface area (Å²) >= 11 is 6.24. The number of aliphatic hydroxyl groups is 1. The van der Waals surface area contributed by atoms with E-state index in [0.717, 1.165) is 5.56 Å². The van der Waals surface area contributed by atoms with Gasteiger partial charge in [0.1, 0.15) is 23.4 Å². The molecule has 170 valence electrons. The first kappa shape index (κ1) is 22.7. The summed E-state index contributed by atoms with van der Waals surface area (Å²) < 4.78 is 5.82. The van der Waals surface area contributed by atoms with Crippen LogP contribution in [0.25, 0.3) is 0 Å². The molecule has 1 aliphatic carbocycles. The van der Waals surface area contributed by atoms with Gasteiger partial charge in [0.2, 0.25) is 5.91 Å². The molecule has 3 N–H and O–H groups in total. The number of carbonyl (C=O) groups is 2. The van der Waals surface area contributed by atoms with Crippen LogP contribution in [0.15, 0.2) is 61.2 Å². The first-order chi connectivity index (χ1) is 15.9. The maximum atomic E-state index is 12.7. The molecule has 1 aliphatic rings. The highest BCUT2D eigenvalue weighted by atomic mass is 35.5. The minimum Gasteiger partial charge on any atom is -0.456 e. The van der Waals surface area contributed by atoms with Crippen molar-refractivity contribution in [3.8, 4) is 11.5 Å². The number of rotatable bonds is 8. The summed E-state index contributed by atoms with van der Waals surface area (Å²) in [5.74, 6) is 0.480. The normalized spacial score (nSPS) is 14.8. The summed E-state index contributed by atoms with van der Waals surface area (Å²) in [5, 5.41) is 15.7. The minimum absolute atomic E-state index is 0.224. The Balaban J connectivity index is 1.31. The van der Waals surface area contributed by atoms with Crippen LogP contribution in [0.5, 0.6) is 11.5 Å². The molecule has 8 nitrogen and oxygen atoms in total. The highest BCUT2D eigenvalue weighted by Crippen LogP contribution is 2.36. The van der Waals surface area contributed by atoms with Crippen LogP contribution in [-0.4, -0.2) is 32.4 Å². The lowest BCUT2D eigenvalue weighted by Crippen LogP contribution is -2.48. The van der Waals surface area contributed by atoms with E-state index in [1.54, 1.807) is 37.3 Å². The molecule has 1 atom stereocenters. The van der Waals surface area contributed by atoms with Crippen LogP contribution >= 0.6 is 11.6 Å². The van der Waals surface area contributed by atoms with E-state index in [0.29, 0.717) is 47.0 Å². The van der Waals surface area contributed by atoms with Crippen LogP contribution in [0.4, 0.5) is 0 Å². The molecule has 0 aliphatic heterocycles. The molecular weight excluding hydrogens is 444 g/mol. The van der Waals surface area contributed by atoms with E-state index < -0.39 is 11.6 Å². The van der Waals surface area contributed by atoms with Crippen molar-refractivity contribution in [2.75, 3.05) is 0 Å². The number of ether oxygens (including phenoxy) is 1. The summed E-state index contributed by atoms with van der Waals surface area (Å²) in [5.41, 5.74) is 1.02. The fourth-order valence-corrected chi connectivity index (χ4v) is 3.48. The topological polar surface area (TPSA) is 113 Å². The molecular formula is C24H23ClN4O4. The van der Waals surface area contributed by atoms with E-state index in [9.17, 15) is 14.7 Å². The third kappa shape index (κ3) is 5.47. The monoisotopic (exact) mass is 466 g/mol. The van der Waals surface area contributed by atoms with E-state index in [-0.39, 0.29) is 11.8 Å². The number of aliphatic hydroxyl groups excluding tert-OH is 1. The van der Waals surface area contributed by atoms with Crippen molar-refractivity contribution >= 4 is 23.4 Å². The molecule has 3 aromatic rings. The largest absolute Gasteiger partial charge is 0.456 e. The van der Waals surface area contributed by atoms with Crippen molar-refractivity contribution < 1.29 is 19.4 Å². The number of carbonyl (C=O) groups excluding carboxylic acids is 2. The molecule has 1 heterocycles. The SMILES string of the molecule is CC(O)c1ccc(Oc2ccc(CNC(=O)C3(NC(=O)c4cncnc4)CC3)cc2)c(Cl)c1. The molecule has 0 saturated heterocycles. The van der Waals surface area contributed by atoms with Gasteiger partial charge < -0.3 is 20.5 Å². The van der Waals surface area contributed by atoms with Crippen molar-refractivity contribution in [2.45, 2.75) is 38.0 Å². The third-order valence-electron chi connectivity index (χ3n) is 5.40. The molecule has 0 spiro atoms. The second kappa shape index (κ2) is 9.56. The first-order valence-corrected chi connectivity index (χ1v) is 10.8. The fraction of sp³-hybridized carbons (Fsp3) is 0.250. The lowest BCUT2D eigenvalue weighted by atomic mass is 10.1. The Labute approximate surface area is 196 Å². The number of amides is 2. The van der Waals surface area contributed by atoms with Crippen LogP contribution in [-0.2, 0) is 11.3 Å². The Morgan fingerprint density at radius 2 is 1.85 bits per heavy atom. The standard InChI is InChI=1S/C24H23ClN4O4/c1-15(30)17-4-7-21(20(25)10-17)33-19-5-2-16(3-6-19)11-28-23(32)24(8-9-24)29-22(31)18-12-26-14-27-13-18/h2-7,10,12-15,30H,8-9,11H2,1H3,(H,28,32)(H,29,31). The molecule has 2 amide bonds. The number of nitrogens with one attached hydrogen (secondary N) is 2. The van der Waals surface area contributed by atoms with E-state index in [1.807, 2.05) is 12.1 Å². The Morgan fingerprint density at radius 1 is 1.15 bits per heavy atom. The lowest BCUT2D eigenvalue weighted by Gasteiger charge is -2.17. The average Bonchev–Trinajstić information content (AvgIpc) is 3.60. The van der Waals surface area contributed by atoms with E-state index >= 15 is 0 Å². The Morgan fingerprint density at radius 3 is 2.45 bits per heavy atom. The van der Waals surface area contributed by atoms with Gasteiger partial charge in [-0.3, -0.25) is 9.59 Å². The van der Waals surface area contributed by atoms with Crippen molar-refractivity contribution in [1.82, 2.24) is 20.6 Å². The summed E-state index contributed by atoms with van der Waals surface area (Å²) in [7, 11) is 0. The number of hydrogen-bond donors (Lipinski definition) is 3. The zero-order chi connectivity index (χ0) is 23.4. The van der Waals surface area contributed by atoms with Gasteiger partial charge in [-0.25, -0.2) is 9.97 Å². The summed E-state index contributed by atoms with van der Waals surface area (Å²) in [6.45, 7) is 1.98. The zero-order valence-electron chi connectivity index (χ0n) is 17.9. The van der Waals surface area contributed by atoms with Crippen molar-refractivity contribution in [3.63, 3.8) is 0 Å². The van der Waals surface area contributed by atoms with Gasteiger partial charge in [0.25, 0.3) is 5.91 Å². The first-order valence-electron chi connectivity index (χ1n) is 10.5. The quantitative estimate of drug-likeness (QED) is 0.468. The van der Waals surface area contributed by atoms with Gasteiger partial charge in [-0.1, -0.05) is 29.8 Å². The van der Waals surface area contributed by atoms with Crippen molar-refractivity contribution in [2.24, 2.45) is 0 Å². The summed E-state index contributed by atoms with van der Waals surface area (Å²) in [6, 6.07) is 12.4. The van der Waals surface area contributed by atoms with Gasteiger partial charge in [-0.05, 0) is 55.2 Å². The van der Waals surface area contributed by atoms with Gasteiger partial charge >= 0.3 is 0 Å². The van der Waals surface area contributed by atoms with Crippen LogP contribution in [0.2, 0.25) is 5.02 Å². The molecule has 4 rings (SSSR count). The number of aromatic nitrogens is 2. The van der Waals surface area contributed by atoms with Gasteiger partial charge in [0.15, 0.2) is 0 Å². The molecule has 2 aromatic carbocycles. The van der Waals surface area contributed by atoms with Crippen molar-refractivity contribution in [1.29, 1.82) is 0 Å². The summed E-state index contributed by atoms with van der Waals surface area (Å²) in [6.07, 6.45) is 4.72. The van der Waals surface area contributed by atoms with E-state index in [4.69, 9.17) is 16.3 Å². The van der Waals surface area contributed by atoms with Crippen LogP contribution in [0.1, 0.15) is 47.4 Å². The van der Waals surface area contributed by atoms with Gasteiger partial charge in [0.05, 0.1) is 16.7 Å². The third-order valence-corrected chi connectivity index (χ3v) is 5.70. The molecule has 0 bridgehead atoms. The molecule has 1 aromatic heterocycles. The van der Waals surface area contributed by atoms with Crippen LogP contribution in [0, 0.1) is 0 Å². The maximum absolute atomic E-state index is 12.7. The van der Waals surface area contributed by atoms with E-state index in [1.165, 1.54) is 18.7 Å². The Hall–Kier alpha value is -3.49. The van der Waals surface area contributed by atoms with Crippen LogP contribution < -0.4 is 15.4 Å². The molecule has 1 saturated carbocycles. The molecule has 33 heavy (non-hydrogen) atoms. The molecule has 9 heteroatoms. The Kier molecular flexibility index (Phi) is 6.57. The van der Waals surface area contributed by atoms with Crippen LogP contribution in [0.3, 0.4) is 0 Å². The molecule has 1 fully saturated rings. The number of halogens is 1. The van der Waals surface area contributed by atoms with E-state index in [2.05, 4.69) is 20.6 Å². The number of nitrogens with zero attached hydrogens (tertiary/aromatic N) is 2. The fourth-order valence-electron chi connectivity index (χ4n) is 3.25. The highest BCUT2D eigenvalue weighted by Gasteiger charge is 2.51. The second-order valence-corrected chi connectivity index (χ2v) is 8.37. The maximum Gasteiger partial charge on any atom is 0.255 e. The molecule has 0 radical (unpaired) electrons. The summed E-state index contributed by atoms with van der Waals surface area (Å²) in [4.78, 5) is 32.7. The van der Waals surface area contributed by atoms with Gasteiger partial charge in [-0.15, -0.1) is 0 Å². The predicted molar refractivity (Wildman–Crippen MR) is 122 cm³/mol.